The lowest BCUT2D eigenvalue weighted by Crippen LogP contribution is -2.24. The molecular weight excluding hydrogens is 272 g/mol. The fourth-order valence-corrected chi connectivity index (χ4v) is 1.18. The Morgan fingerprint density at radius 2 is 1.18 bits per heavy atom. The van der Waals surface area contributed by atoms with Gasteiger partial charge in [-0.1, -0.05) is 79.8 Å². The van der Waals surface area contributed by atoms with Gasteiger partial charge < -0.3 is 9.47 Å². The summed E-state index contributed by atoms with van der Waals surface area (Å²) in [6.07, 6.45) is 1.19. The number of methoxy groups -OCH3 is 2. The molecule has 22 heavy (non-hydrogen) atoms. The minimum Gasteiger partial charge on any atom is -0.354 e. The molecule has 0 radical (unpaired) electrons. The summed E-state index contributed by atoms with van der Waals surface area (Å²) in [6.45, 7) is 14.5. The van der Waals surface area contributed by atoms with Gasteiger partial charge in [-0.3, -0.25) is 0 Å². The van der Waals surface area contributed by atoms with Gasteiger partial charge in [-0.2, -0.15) is 0 Å². The van der Waals surface area contributed by atoms with Crippen LogP contribution in [0.4, 0.5) is 0 Å². The lowest BCUT2D eigenvalue weighted by atomic mass is 9.82. The molecule has 0 saturated heterocycles. The van der Waals surface area contributed by atoms with E-state index in [1.807, 2.05) is 27.7 Å². The Labute approximate surface area is 141 Å². The topological polar surface area (TPSA) is 18.5 Å². The molecule has 0 spiro atoms. The molecule has 0 aromatic heterocycles. The minimum absolute atomic E-state index is 0. The minimum atomic E-state index is -0.417. The highest BCUT2D eigenvalue weighted by Crippen LogP contribution is 2.25. The predicted octanol–water partition coefficient (Wildman–Crippen LogP) is 6.69. The van der Waals surface area contributed by atoms with Crippen LogP contribution < -0.4 is 0 Å². The quantitative estimate of drug-likeness (QED) is 0.576. The lowest BCUT2D eigenvalue weighted by Gasteiger charge is -2.22. The van der Waals surface area contributed by atoms with Crippen molar-refractivity contribution in [2.24, 2.45) is 0 Å². The van der Waals surface area contributed by atoms with E-state index in [-0.39, 0.29) is 14.9 Å². The molecule has 0 N–H and O–H groups in total. The number of rotatable bonds is 4. The average Bonchev–Trinajstić information content (AvgIpc) is 2.51. The van der Waals surface area contributed by atoms with Crippen molar-refractivity contribution in [3.63, 3.8) is 0 Å². The van der Waals surface area contributed by atoms with Gasteiger partial charge in [-0.15, -0.1) is 0 Å². The van der Waals surface area contributed by atoms with Gasteiger partial charge in [0.15, 0.2) is 5.79 Å². The molecule has 0 aliphatic carbocycles. The van der Waals surface area contributed by atoms with E-state index in [0.29, 0.717) is 5.41 Å². The standard InChI is InChI=1S/C11H16.C5H12O2.C2H6.2CH4/c1-4-11(2,3)10-8-6-5-7-9-10;1-5(2,6-3)7-4;1-2;;/h5-9H,4H2,1-3H3;1-4H3;1-2H3;2*1H4. The molecule has 0 aliphatic rings. The Balaban J connectivity index is -0.000000130. The van der Waals surface area contributed by atoms with Crippen molar-refractivity contribution >= 4 is 0 Å². The first kappa shape index (κ1) is 29.2. The van der Waals surface area contributed by atoms with Crippen molar-refractivity contribution in [1.82, 2.24) is 0 Å². The van der Waals surface area contributed by atoms with E-state index in [2.05, 4.69) is 51.1 Å². The third kappa shape index (κ3) is 12.8. The second-order valence-electron chi connectivity index (χ2n) is 5.41. The fourth-order valence-electron chi connectivity index (χ4n) is 1.18. The summed E-state index contributed by atoms with van der Waals surface area (Å²) in [7, 11) is 3.23. The molecule has 2 heteroatoms. The number of benzene rings is 1. The largest absolute Gasteiger partial charge is 0.354 e. The molecule has 0 unspecified atom stereocenters. The van der Waals surface area contributed by atoms with E-state index in [1.54, 1.807) is 14.2 Å². The van der Waals surface area contributed by atoms with Crippen LogP contribution in [0.3, 0.4) is 0 Å². The zero-order valence-corrected chi connectivity index (χ0v) is 14.9. The molecule has 1 rings (SSSR count). The van der Waals surface area contributed by atoms with Gasteiger partial charge in [0.05, 0.1) is 0 Å². The normalized spacial score (nSPS) is 9.86. The summed E-state index contributed by atoms with van der Waals surface area (Å²) in [5.41, 5.74) is 1.77. The molecule has 2 nitrogen and oxygen atoms in total. The molecule has 0 heterocycles. The molecular formula is C20H42O2. The van der Waals surface area contributed by atoms with Crippen LogP contribution in [0, 0.1) is 0 Å². The van der Waals surface area contributed by atoms with E-state index in [9.17, 15) is 0 Å². The second-order valence-corrected chi connectivity index (χ2v) is 5.41. The monoisotopic (exact) mass is 314 g/mol. The number of ether oxygens (including phenoxy) is 2. The highest BCUT2D eigenvalue weighted by molar-refractivity contribution is 5.22. The molecule has 1 aromatic rings. The third-order valence-corrected chi connectivity index (χ3v) is 3.42. The molecule has 0 aliphatic heterocycles. The smallest absolute Gasteiger partial charge is 0.161 e. The van der Waals surface area contributed by atoms with Crippen molar-refractivity contribution in [2.75, 3.05) is 14.2 Å². The third-order valence-electron chi connectivity index (χ3n) is 3.42. The molecule has 0 fully saturated rings. The van der Waals surface area contributed by atoms with Crippen LogP contribution in [-0.4, -0.2) is 20.0 Å². The van der Waals surface area contributed by atoms with E-state index in [1.165, 1.54) is 12.0 Å². The van der Waals surface area contributed by atoms with Crippen molar-refractivity contribution in [1.29, 1.82) is 0 Å². The molecule has 134 valence electrons. The van der Waals surface area contributed by atoms with Crippen LogP contribution in [0.25, 0.3) is 0 Å². The first-order valence-corrected chi connectivity index (χ1v) is 7.45. The van der Waals surface area contributed by atoms with E-state index in [0.717, 1.165) is 0 Å². The highest BCUT2D eigenvalue weighted by atomic mass is 16.7. The summed E-state index contributed by atoms with van der Waals surface area (Å²) in [6, 6.07) is 10.7. The molecule has 1 aromatic carbocycles. The average molecular weight is 315 g/mol. The number of hydrogen-bond donors (Lipinski definition) is 0. The van der Waals surface area contributed by atoms with Crippen LogP contribution >= 0.6 is 0 Å². The van der Waals surface area contributed by atoms with Crippen LogP contribution in [0.15, 0.2) is 30.3 Å². The van der Waals surface area contributed by atoms with Crippen LogP contribution in [0.5, 0.6) is 0 Å². The lowest BCUT2D eigenvalue weighted by molar-refractivity contribution is -0.178. The van der Waals surface area contributed by atoms with E-state index in [4.69, 9.17) is 9.47 Å². The second kappa shape index (κ2) is 15.1. The van der Waals surface area contributed by atoms with Crippen molar-refractivity contribution in [3.05, 3.63) is 35.9 Å². The Kier molecular flexibility index (Phi) is 20.0. The summed E-state index contributed by atoms with van der Waals surface area (Å²) >= 11 is 0. The van der Waals surface area contributed by atoms with E-state index < -0.39 is 5.79 Å². The van der Waals surface area contributed by atoms with Gasteiger partial charge in [0.25, 0.3) is 0 Å². The van der Waals surface area contributed by atoms with E-state index >= 15 is 0 Å². The zero-order valence-electron chi connectivity index (χ0n) is 14.9. The van der Waals surface area contributed by atoms with Gasteiger partial charge in [0.2, 0.25) is 0 Å². The zero-order chi connectivity index (χ0) is 16.2. The summed E-state index contributed by atoms with van der Waals surface area (Å²) in [5.74, 6) is -0.417. The molecule has 0 bridgehead atoms. The maximum Gasteiger partial charge on any atom is 0.161 e. The van der Waals surface area contributed by atoms with Crippen LogP contribution in [0.1, 0.15) is 75.3 Å². The van der Waals surface area contributed by atoms with Gasteiger partial charge in [0.1, 0.15) is 0 Å². The highest BCUT2D eigenvalue weighted by Gasteiger charge is 2.16. The van der Waals surface area contributed by atoms with Gasteiger partial charge >= 0.3 is 0 Å². The SMILES string of the molecule is C.C.CC.CCC(C)(C)c1ccccc1.COC(C)(C)OC. The van der Waals surface area contributed by atoms with Gasteiger partial charge in [-0.25, -0.2) is 0 Å². The maximum absolute atomic E-state index is 4.86. The Hall–Kier alpha value is -0.860. The molecule has 0 atom stereocenters. The Morgan fingerprint density at radius 1 is 0.818 bits per heavy atom. The first-order chi connectivity index (χ1) is 9.29. The van der Waals surface area contributed by atoms with Gasteiger partial charge in [0, 0.05) is 14.2 Å². The first-order valence-electron chi connectivity index (χ1n) is 7.45. The summed E-state index contributed by atoms with van der Waals surface area (Å²) < 4.78 is 9.73. The molecule has 0 saturated carbocycles. The van der Waals surface area contributed by atoms with Crippen LogP contribution in [0.2, 0.25) is 0 Å². The van der Waals surface area contributed by atoms with Crippen molar-refractivity contribution < 1.29 is 9.47 Å². The van der Waals surface area contributed by atoms with Crippen LogP contribution in [-0.2, 0) is 14.9 Å². The Morgan fingerprint density at radius 3 is 1.41 bits per heavy atom. The van der Waals surface area contributed by atoms with Crippen molar-refractivity contribution in [2.45, 2.75) is 80.9 Å². The maximum atomic E-state index is 4.86. The summed E-state index contributed by atoms with van der Waals surface area (Å²) in [5, 5.41) is 0. The van der Waals surface area contributed by atoms with Gasteiger partial charge in [-0.05, 0) is 31.2 Å². The fraction of sp³-hybridized carbons (Fsp3) is 0.700. The Bertz CT molecular complexity index is 310. The van der Waals surface area contributed by atoms with Crippen molar-refractivity contribution in [3.8, 4) is 0 Å². The molecule has 0 amide bonds. The summed E-state index contributed by atoms with van der Waals surface area (Å²) in [4.78, 5) is 0. The predicted molar refractivity (Wildman–Crippen MR) is 103 cm³/mol. The number of hydrogen-bond acceptors (Lipinski definition) is 2.